The monoisotopic (exact) mass is 293 g/mol. The van der Waals surface area contributed by atoms with Crippen LogP contribution in [0.2, 0.25) is 5.02 Å². The van der Waals surface area contributed by atoms with Gasteiger partial charge in [-0.15, -0.1) is 0 Å². The summed E-state index contributed by atoms with van der Waals surface area (Å²) in [5, 5.41) is 11.4. The highest BCUT2D eigenvalue weighted by molar-refractivity contribution is 6.30. The van der Waals surface area contributed by atoms with Gasteiger partial charge in [0.2, 0.25) is 0 Å². The summed E-state index contributed by atoms with van der Waals surface area (Å²) in [7, 11) is 0. The van der Waals surface area contributed by atoms with E-state index in [0.29, 0.717) is 10.7 Å². The summed E-state index contributed by atoms with van der Waals surface area (Å²) in [4.78, 5) is 26.6. The number of rotatable bonds is 4. The molecule has 20 heavy (non-hydrogen) atoms. The van der Waals surface area contributed by atoms with Crippen molar-refractivity contribution in [2.45, 2.75) is 6.92 Å². The van der Waals surface area contributed by atoms with E-state index >= 15 is 0 Å². The Labute approximate surface area is 121 Å². The number of imide groups is 1. The lowest BCUT2D eigenvalue weighted by atomic mass is 10.2. The van der Waals surface area contributed by atoms with Gasteiger partial charge in [-0.05, 0) is 31.2 Å². The maximum Gasteiger partial charge on any atom is 0.413 e. The van der Waals surface area contributed by atoms with Gasteiger partial charge in [-0.25, -0.2) is 4.79 Å². The maximum absolute atomic E-state index is 11.6. The van der Waals surface area contributed by atoms with E-state index in [2.05, 4.69) is 9.73 Å². The predicted octanol–water partition coefficient (Wildman–Crippen LogP) is 2.45. The van der Waals surface area contributed by atoms with Crippen LogP contribution in [0.4, 0.5) is 10.5 Å². The third-order valence-electron chi connectivity index (χ3n) is 2.12. The summed E-state index contributed by atoms with van der Waals surface area (Å²) in [6.07, 6.45) is 0.260. The van der Waals surface area contributed by atoms with Gasteiger partial charge in [0, 0.05) is 11.2 Å². The number of nitriles is 1. The lowest BCUT2D eigenvalue weighted by Gasteiger charge is -2.05. The molecule has 6 nitrogen and oxygen atoms in total. The van der Waals surface area contributed by atoms with Gasteiger partial charge < -0.3 is 4.74 Å². The van der Waals surface area contributed by atoms with Crippen LogP contribution in [-0.4, -0.2) is 24.8 Å². The molecule has 0 saturated carbocycles. The zero-order chi connectivity index (χ0) is 15.0. The van der Waals surface area contributed by atoms with Crippen LogP contribution < -0.4 is 5.32 Å². The minimum atomic E-state index is -1.19. The Hall–Kier alpha value is -2.39. The van der Waals surface area contributed by atoms with Crippen LogP contribution in [0.1, 0.15) is 6.92 Å². The number of amides is 2. The minimum absolute atomic E-state index is 0.134. The van der Waals surface area contributed by atoms with Crippen LogP contribution >= 0.6 is 11.6 Å². The van der Waals surface area contributed by atoms with Crippen molar-refractivity contribution in [3.8, 4) is 6.07 Å². The molecule has 0 bridgehead atoms. The molecule has 2 amide bonds. The highest BCUT2D eigenvalue weighted by Gasteiger charge is 2.18. The summed E-state index contributed by atoms with van der Waals surface area (Å²) < 4.78 is 4.54. The molecule has 0 fully saturated rings. The summed E-state index contributed by atoms with van der Waals surface area (Å²) in [6.45, 7) is 1.74. The molecule has 0 saturated heterocycles. The Morgan fingerprint density at radius 3 is 2.70 bits per heavy atom. The minimum Gasteiger partial charge on any atom is -0.450 e. The zero-order valence-electron chi connectivity index (χ0n) is 10.7. The van der Waals surface area contributed by atoms with Crippen LogP contribution in [0.3, 0.4) is 0 Å². The fraction of sp³-hybridized carbons (Fsp3) is 0.231. The molecule has 7 heteroatoms. The first kappa shape index (κ1) is 15.7. The first-order valence-corrected chi connectivity index (χ1v) is 6.11. The Bertz CT molecular complexity index is 549. The van der Waals surface area contributed by atoms with Crippen molar-refractivity contribution in [1.82, 2.24) is 5.32 Å². The lowest BCUT2D eigenvalue weighted by molar-refractivity contribution is -0.121. The number of hydrogen-bond donors (Lipinski definition) is 1. The van der Waals surface area contributed by atoms with E-state index in [0.717, 1.165) is 6.21 Å². The molecule has 1 N–H and O–H groups in total. The van der Waals surface area contributed by atoms with Crippen LogP contribution in [0.5, 0.6) is 0 Å². The number of hydrogen-bond acceptors (Lipinski definition) is 5. The molecular weight excluding hydrogens is 282 g/mol. The number of carbonyl (C=O) groups excluding carboxylic acids is 2. The average molecular weight is 294 g/mol. The summed E-state index contributed by atoms with van der Waals surface area (Å²) in [6, 6.07) is 8.27. The van der Waals surface area contributed by atoms with E-state index in [-0.39, 0.29) is 6.61 Å². The van der Waals surface area contributed by atoms with Crippen LogP contribution in [0, 0.1) is 17.2 Å². The van der Waals surface area contributed by atoms with Crippen LogP contribution in [-0.2, 0) is 9.53 Å². The number of nitrogens with one attached hydrogen (secondary N) is 1. The van der Waals surface area contributed by atoms with Gasteiger partial charge in [0.05, 0.1) is 18.4 Å². The van der Waals surface area contributed by atoms with Crippen LogP contribution in [0.25, 0.3) is 0 Å². The largest absolute Gasteiger partial charge is 0.450 e. The number of aliphatic imine (C=N–C) groups is 1. The van der Waals surface area contributed by atoms with Crippen molar-refractivity contribution in [2.24, 2.45) is 10.9 Å². The standard InChI is InChI=1S/C13H12ClN3O3/c1-2-20-13(19)17-12(18)9(7-15)8-16-11-5-3-10(14)4-6-11/h3-6,8-9H,2H2,1H3,(H,17,18,19). The Morgan fingerprint density at radius 1 is 1.50 bits per heavy atom. The molecule has 1 atom stereocenters. The number of carbonyl (C=O) groups is 2. The Kier molecular flexibility index (Phi) is 6.20. The van der Waals surface area contributed by atoms with Gasteiger partial charge >= 0.3 is 6.09 Å². The molecular formula is C13H12ClN3O3. The normalized spacial score (nSPS) is 11.7. The molecule has 0 spiro atoms. The Morgan fingerprint density at radius 2 is 2.15 bits per heavy atom. The summed E-state index contributed by atoms with van der Waals surface area (Å²) in [5.74, 6) is -1.97. The highest BCUT2D eigenvalue weighted by atomic mass is 35.5. The van der Waals surface area contributed by atoms with E-state index < -0.39 is 17.9 Å². The van der Waals surface area contributed by atoms with Crippen LogP contribution in [0.15, 0.2) is 29.3 Å². The lowest BCUT2D eigenvalue weighted by Crippen LogP contribution is -2.36. The number of halogens is 1. The van der Waals surface area contributed by atoms with E-state index in [1.807, 2.05) is 5.32 Å². The highest BCUT2D eigenvalue weighted by Crippen LogP contribution is 2.16. The van der Waals surface area contributed by atoms with E-state index in [1.54, 1.807) is 37.3 Å². The maximum atomic E-state index is 11.6. The van der Waals surface area contributed by atoms with Gasteiger partial charge in [0.25, 0.3) is 5.91 Å². The first-order valence-electron chi connectivity index (χ1n) is 5.73. The van der Waals surface area contributed by atoms with E-state index in [4.69, 9.17) is 16.9 Å². The molecule has 104 valence electrons. The third-order valence-corrected chi connectivity index (χ3v) is 2.37. The molecule has 0 radical (unpaired) electrons. The zero-order valence-corrected chi connectivity index (χ0v) is 11.4. The second kappa shape index (κ2) is 7.92. The van der Waals surface area contributed by atoms with E-state index in [1.165, 1.54) is 0 Å². The SMILES string of the molecule is CCOC(=O)NC(=O)C(C#N)C=Nc1ccc(Cl)cc1. The fourth-order valence-corrected chi connectivity index (χ4v) is 1.32. The quantitative estimate of drug-likeness (QED) is 0.863. The molecule has 1 rings (SSSR count). The van der Waals surface area contributed by atoms with Crippen molar-refractivity contribution in [1.29, 1.82) is 5.26 Å². The number of alkyl carbamates (subject to hydrolysis) is 1. The first-order chi connectivity index (χ1) is 9.56. The van der Waals surface area contributed by atoms with Gasteiger partial charge in [0.15, 0.2) is 5.92 Å². The van der Waals surface area contributed by atoms with Crippen molar-refractivity contribution >= 4 is 35.5 Å². The number of benzene rings is 1. The topological polar surface area (TPSA) is 91.5 Å². The van der Waals surface area contributed by atoms with Gasteiger partial charge in [-0.3, -0.25) is 15.1 Å². The summed E-state index contributed by atoms with van der Waals surface area (Å²) in [5.41, 5.74) is 0.540. The molecule has 0 aromatic heterocycles. The van der Waals surface area contributed by atoms with Crippen molar-refractivity contribution in [3.05, 3.63) is 29.3 Å². The molecule has 0 aliphatic carbocycles. The second-order valence-electron chi connectivity index (χ2n) is 3.57. The molecule has 0 aliphatic heterocycles. The molecule has 0 heterocycles. The van der Waals surface area contributed by atoms with Crippen molar-refractivity contribution < 1.29 is 14.3 Å². The second-order valence-corrected chi connectivity index (χ2v) is 4.01. The van der Waals surface area contributed by atoms with E-state index in [9.17, 15) is 9.59 Å². The average Bonchev–Trinajstić information content (AvgIpc) is 2.41. The summed E-state index contributed by atoms with van der Waals surface area (Å²) >= 11 is 5.72. The molecule has 1 unspecified atom stereocenters. The fourth-order valence-electron chi connectivity index (χ4n) is 1.19. The van der Waals surface area contributed by atoms with Gasteiger partial charge in [0.1, 0.15) is 0 Å². The van der Waals surface area contributed by atoms with Crippen molar-refractivity contribution in [2.75, 3.05) is 6.61 Å². The molecule has 0 aliphatic rings. The van der Waals surface area contributed by atoms with Crippen molar-refractivity contribution in [3.63, 3.8) is 0 Å². The smallest absolute Gasteiger partial charge is 0.413 e. The third kappa shape index (κ3) is 5.08. The number of ether oxygens (including phenoxy) is 1. The Balaban J connectivity index is 2.67. The predicted molar refractivity (Wildman–Crippen MR) is 73.9 cm³/mol. The molecule has 1 aromatic rings. The number of nitrogens with zero attached hydrogens (tertiary/aromatic N) is 2. The van der Waals surface area contributed by atoms with Gasteiger partial charge in [-0.2, -0.15) is 5.26 Å². The van der Waals surface area contributed by atoms with Gasteiger partial charge in [-0.1, -0.05) is 11.6 Å². The molecule has 1 aromatic carbocycles.